The van der Waals surface area contributed by atoms with Crippen LogP contribution < -0.4 is 14.4 Å². The normalized spacial score (nSPS) is 19.7. The van der Waals surface area contributed by atoms with Gasteiger partial charge in [0.2, 0.25) is 5.13 Å². The van der Waals surface area contributed by atoms with E-state index < -0.39 is 17.7 Å². The Morgan fingerprint density at radius 1 is 1.08 bits per heavy atom. The summed E-state index contributed by atoms with van der Waals surface area (Å²) < 4.78 is 11.8. The van der Waals surface area contributed by atoms with Crippen molar-refractivity contribution in [3.8, 4) is 11.5 Å². The summed E-state index contributed by atoms with van der Waals surface area (Å²) in [5.41, 5.74) is 2.98. The molecule has 0 radical (unpaired) electrons. The first-order valence-corrected chi connectivity index (χ1v) is 13.4. The summed E-state index contributed by atoms with van der Waals surface area (Å²) in [6, 6.07) is 21.4. The highest BCUT2D eigenvalue weighted by molar-refractivity contribution is 7.15. The van der Waals surface area contributed by atoms with Crippen LogP contribution in [0.5, 0.6) is 11.5 Å². The molecule has 0 saturated carbocycles. The largest absolute Gasteiger partial charge is 0.507 e. The molecule has 1 amide bonds. The van der Waals surface area contributed by atoms with Crippen molar-refractivity contribution in [2.24, 2.45) is 0 Å². The molecule has 4 aromatic rings. The zero-order valence-electron chi connectivity index (χ0n) is 21.3. The molecule has 1 fully saturated rings. The second-order valence-electron chi connectivity index (χ2n) is 9.57. The third-order valence-corrected chi connectivity index (χ3v) is 7.60. The number of aryl methyl sites for hydroxylation is 1. The summed E-state index contributed by atoms with van der Waals surface area (Å²) in [7, 11) is 0. The lowest BCUT2D eigenvalue weighted by molar-refractivity contribution is -0.132. The van der Waals surface area contributed by atoms with E-state index in [0.29, 0.717) is 34.9 Å². The van der Waals surface area contributed by atoms with Crippen molar-refractivity contribution >= 4 is 33.9 Å². The number of amides is 1. The van der Waals surface area contributed by atoms with E-state index >= 15 is 0 Å². The van der Waals surface area contributed by atoms with E-state index in [9.17, 15) is 14.7 Å². The Kier molecular flexibility index (Phi) is 6.36. The summed E-state index contributed by atoms with van der Waals surface area (Å²) in [5.74, 6) is -0.486. The highest BCUT2D eigenvalue weighted by Crippen LogP contribution is 2.44. The number of carbonyl (C=O) groups excluding carboxylic acids is 2. The number of anilines is 1. The van der Waals surface area contributed by atoms with E-state index in [1.807, 2.05) is 49.4 Å². The van der Waals surface area contributed by atoms with Gasteiger partial charge in [-0.05, 0) is 60.9 Å². The predicted molar refractivity (Wildman–Crippen MR) is 147 cm³/mol. The number of carbonyl (C=O) groups is 2. The summed E-state index contributed by atoms with van der Waals surface area (Å²) in [6.45, 7) is 4.11. The van der Waals surface area contributed by atoms with Gasteiger partial charge in [0.15, 0.2) is 0 Å². The van der Waals surface area contributed by atoms with Crippen LogP contribution in [0, 0.1) is 6.92 Å². The fourth-order valence-electron chi connectivity index (χ4n) is 4.97. The van der Waals surface area contributed by atoms with Crippen molar-refractivity contribution in [3.05, 3.63) is 106 Å². The number of ether oxygens (including phenoxy) is 2. The Labute approximate surface area is 229 Å². The molecule has 0 aliphatic carbocycles. The Hall–Kier alpha value is -4.50. The highest BCUT2D eigenvalue weighted by atomic mass is 32.1. The van der Waals surface area contributed by atoms with Crippen molar-refractivity contribution in [1.29, 1.82) is 0 Å². The molecule has 1 aromatic heterocycles. The maximum atomic E-state index is 13.5. The summed E-state index contributed by atoms with van der Waals surface area (Å²) in [5, 5.41) is 20.6. The lowest BCUT2D eigenvalue weighted by Crippen LogP contribution is -2.29. The molecule has 3 heterocycles. The first-order valence-electron chi connectivity index (χ1n) is 12.6. The minimum Gasteiger partial charge on any atom is -0.507 e. The minimum absolute atomic E-state index is 0.0139. The van der Waals surface area contributed by atoms with Crippen LogP contribution in [0.25, 0.3) is 5.76 Å². The van der Waals surface area contributed by atoms with Crippen LogP contribution in [0.15, 0.2) is 78.4 Å². The van der Waals surface area contributed by atoms with Gasteiger partial charge < -0.3 is 14.6 Å². The molecule has 3 aromatic carbocycles. The van der Waals surface area contributed by atoms with Gasteiger partial charge in [-0.3, -0.25) is 14.5 Å². The van der Waals surface area contributed by atoms with Crippen LogP contribution in [-0.4, -0.2) is 33.1 Å². The molecule has 2 aliphatic heterocycles. The monoisotopic (exact) mass is 539 g/mol. The molecule has 1 saturated heterocycles. The van der Waals surface area contributed by atoms with Gasteiger partial charge in [-0.15, -0.1) is 10.2 Å². The number of fused-ring (bicyclic) bond motifs is 1. The van der Waals surface area contributed by atoms with Crippen molar-refractivity contribution in [1.82, 2.24) is 10.2 Å². The fourth-order valence-corrected chi connectivity index (χ4v) is 5.68. The summed E-state index contributed by atoms with van der Waals surface area (Å²) in [6.07, 6.45) is 0.723. The Bertz CT molecular complexity index is 1610. The maximum absolute atomic E-state index is 13.5. The quantitative estimate of drug-likeness (QED) is 0.200. The van der Waals surface area contributed by atoms with Gasteiger partial charge in [0.1, 0.15) is 35.0 Å². The van der Waals surface area contributed by atoms with E-state index in [-0.39, 0.29) is 22.6 Å². The molecule has 6 rings (SSSR count). The van der Waals surface area contributed by atoms with Gasteiger partial charge in [0, 0.05) is 12.0 Å². The van der Waals surface area contributed by atoms with Crippen LogP contribution in [0.4, 0.5) is 5.13 Å². The van der Waals surface area contributed by atoms with Crippen LogP contribution in [0.2, 0.25) is 0 Å². The average Bonchev–Trinajstić information content (AvgIpc) is 3.62. The first kappa shape index (κ1) is 24.8. The van der Waals surface area contributed by atoms with E-state index in [1.165, 1.54) is 16.2 Å². The SMILES string of the molecule is Cc1nnc(N2C(=O)C(=O)C(=C(O)c3ccc4c(c3)CC(C)O4)C2c2cccc(OCc3ccccc3)c2)s1. The molecule has 2 unspecified atom stereocenters. The third-order valence-electron chi connectivity index (χ3n) is 6.76. The summed E-state index contributed by atoms with van der Waals surface area (Å²) in [4.78, 5) is 28.2. The van der Waals surface area contributed by atoms with E-state index in [1.54, 1.807) is 37.3 Å². The van der Waals surface area contributed by atoms with Gasteiger partial charge in [-0.2, -0.15) is 0 Å². The van der Waals surface area contributed by atoms with Gasteiger partial charge in [0.25, 0.3) is 5.78 Å². The Balaban J connectivity index is 1.44. The van der Waals surface area contributed by atoms with Crippen molar-refractivity contribution < 1.29 is 24.2 Å². The number of rotatable bonds is 6. The third kappa shape index (κ3) is 4.66. The molecule has 9 heteroatoms. The average molecular weight is 540 g/mol. The predicted octanol–water partition coefficient (Wildman–Crippen LogP) is 5.38. The molecule has 0 bridgehead atoms. The second-order valence-corrected chi connectivity index (χ2v) is 10.7. The first-order chi connectivity index (χ1) is 18.9. The van der Waals surface area contributed by atoms with E-state index in [4.69, 9.17) is 9.47 Å². The lowest BCUT2D eigenvalue weighted by Gasteiger charge is -2.23. The van der Waals surface area contributed by atoms with Crippen molar-refractivity contribution in [2.45, 2.75) is 39.0 Å². The number of ketones is 1. The molecule has 196 valence electrons. The Morgan fingerprint density at radius 2 is 1.90 bits per heavy atom. The maximum Gasteiger partial charge on any atom is 0.301 e. The fraction of sp³-hybridized carbons (Fsp3) is 0.200. The molecule has 2 aliphatic rings. The second kappa shape index (κ2) is 9.99. The van der Waals surface area contributed by atoms with Crippen LogP contribution in [0.3, 0.4) is 0 Å². The number of hydrogen-bond donors (Lipinski definition) is 1. The van der Waals surface area contributed by atoms with Crippen molar-refractivity contribution in [2.75, 3.05) is 4.90 Å². The summed E-state index contributed by atoms with van der Waals surface area (Å²) >= 11 is 1.21. The zero-order valence-corrected chi connectivity index (χ0v) is 22.1. The zero-order chi connectivity index (χ0) is 27.1. The molecule has 2 atom stereocenters. The molecule has 39 heavy (non-hydrogen) atoms. The minimum atomic E-state index is -0.916. The van der Waals surface area contributed by atoms with Gasteiger partial charge in [0.05, 0.1) is 11.6 Å². The van der Waals surface area contributed by atoms with Gasteiger partial charge in [-0.1, -0.05) is 53.8 Å². The number of nitrogens with zero attached hydrogens (tertiary/aromatic N) is 3. The smallest absolute Gasteiger partial charge is 0.301 e. The highest BCUT2D eigenvalue weighted by Gasteiger charge is 2.48. The number of Topliss-reactive ketones (excluding diaryl/α,β-unsaturated/α-hetero) is 1. The van der Waals surface area contributed by atoms with E-state index in [0.717, 1.165) is 16.9 Å². The van der Waals surface area contributed by atoms with E-state index in [2.05, 4.69) is 10.2 Å². The van der Waals surface area contributed by atoms with Crippen LogP contribution in [-0.2, 0) is 22.6 Å². The van der Waals surface area contributed by atoms with Crippen LogP contribution in [0.1, 0.15) is 40.2 Å². The molecular weight excluding hydrogens is 514 g/mol. The van der Waals surface area contributed by atoms with Crippen molar-refractivity contribution in [3.63, 3.8) is 0 Å². The molecule has 1 N–H and O–H groups in total. The molecule has 8 nitrogen and oxygen atoms in total. The lowest BCUT2D eigenvalue weighted by atomic mass is 9.94. The number of benzene rings is 3. The number of aliphatic hydroxyl groups is 1. The number of aromatic nitrogens is 2. The number of aliphatic hydroxyl groups excluding tert-OH is 1. The molecule has 0 spiro atoms. The number of hydrogen-bond acceptors (Lipinski definition) is 8. The van der Waals surface area contributed by atoms with Crippen LogP contribution >= 0.6 is 11.3 Å². The van der Waals surface area contributed by atoms with Gasteiger partial charge in [-0.25, -0.2) is 0 Å². The Morgan fingerprint density at radius 3 is 2.67 bits per heavy atom. The molecular formula is C30H25N3O5S. The standard InChI is InChI=1S/C30H25N3O5S/c1-17-13-22-14-21(11-12-24(22)38-17)27(34)25-26(33(29(36)28(25)35)30-32-31-18(2)39-30)20-9-6-10-23(15-20)37-16-19-7-4-3-5-8-19/h3-12,14-15,17,26,34H,13,16H2,1-2H3. The topological polar surface area (TPSA) is 102 Å². The van der Waals surface area contributed by atoms with Gasteiger partial charge >= 0.3 is 5.91 Å².